The molecule has 1 saturated carbocycles. The van der Waals surface area contributed by atoms with Crippen LogP contribution in [0.2, 0.25) is 0 Å². The summed E-state index contributed by atoms with van der Waals surface area (Å²) in [6.07, 6.45) is 2.68. The van der Waals surface area contributed by atoms with Crippen molar-refractivity contribution in [3.05, 3.63) is 18.2 Å². The van der Waals surface area contributed by atoms with Crippen LogP contribution >= 0.6 is 0 Å². The number of ether oxygens (including phenoxy) is 2. The second-order valence-electron chi connectivity index (χ2n) is 6.53. The predicted molar refractivity (Wildman–Crippen MR) is 93.8 cm³/mol. The molecule has 0 spiro atoms. The monoisotopic (exact) mass is 333 g/mol. The van der Waals surface area contributed by atoms with E-state index in [-0.39, 0.29) is 11.9 Å². The van der Waals surface area contributed by atoms with E-state index in [9.17, 15) is 4.79 Å². The van der Waals surface area contributed by atoms with Crippen LogP contribution in [0.15, 0.2) is 18.2 Å². The number of methoxy groups -OCH3 is 2. The molecule has 1 aliphatic carbocycles. The van der Waals surface area contributed by atoms with E-state index in [0.717, 1.165) is 32.2 Å². The Hall–Kier alpha value is -1.79. The standard InChI is InChI=1S/C18H27N3O3/c1-13(20-8-10-21(11-9-20)14-4-5-14)18(22)19-16-12-15(23-2)6-7-17(16)24-3/h6-7,12-14H,4-5,8-11H2,1-3H3,(H,19,22). The van der Waals surface area contributed by atoms with E-state index in [4.69, 9.17) is 9.47 Å². The first-order chi connectivity index (χ1) is 11.6. The number of hydrogen-bond acceptors (Lipinski definition) is 5. The van der Waals surface area contributed by atoms with Gasteiger partial charge in [-0.05, 0) is 31.9 Å². The van der Waals surface area contributed by atoms with Gasteiger partial charge in [-0.3, -0.25) is 14.6 Å². The van der Waals surface area contributed by atoms with Gasteiger partial charge in [0, 0.05) is 38.3 Å². The molecule has 1 aliphatic heterocycles. The number of carbonyl (C=O) groups excluding carboxylic acids is 1. The van der Waals surface area contributed by atoms with Gasteiger partial charge in [-0.25, -0.2) is 0 Å². The van der Waals surface area contributed by atoms with Gasteiger partial charge in [-0.2, -0.15) is 0 Å². The first-order valence-corrected chi connectivity index (χ1v) is 8.63. The maximum atomic E-state index is 12.6. The van der Waals surface area contributed by atoms with Crippen molar-refractivity contribution < 1.29 is 14.3 Å². The molecule has 1 aromatic rings. The molecule has 1 saturated heterocycles. The van der Waals surface area contributed by atoms with E-state index in [1.165, 1.54) is 12.8 Å². The zero-order valence-electron chi connectivity index (χ0n) is 14.7. The Morgan fingerprint density at radius 3 is 2.46 bits per heavy atom. The third kappa shape index (κ3) is 3.82. The summed E-state index contributed by atoms with van der Waals surface area (Å²) < 4.78 is 10.6. The molecule has 3 rings (SSSR count). The first-order valence-electron chi connectivity index (χ1n) is 8.63. The average molecular weight is 333 g/mol. The fourth-order valence-electron chi connectivity index (χ4n) is 3.24. The summed E-state index contributed by atoms with van der Waals surface area (Å²) in [6.45, 7) is 5.98. The molecular formula is C18H27N3O3. The van der Waals surface area contributed by atoms with Crippen molar-refractivity contribution in [3.8, 4) is 11.5 Å². The summed E-state index contributed by atoms with van der Waals surface area (Å²) in [5, 5.41) is 2.98. The van der Waals surface area contributed by atoms with E-state index in [2.05, 4.69) is 15.1 Å². The van der Waals surface area contributed by atoms with Gasteiger partial charge in [-0.1, -0.05) is 0 Å². The quantitative estimate of drug-likeness (QED) is 0.860. The molecule has 6 heteroatoms. The van der Waals surface area contributed by atoms with Crippen LogP contribution in [0.25, 0.3) is 0 Å². The summed E-state index contributed by atoms with van der Waals surface area (Å²) in [5.74, 6) is 1.31. The number of amides is 1. The fraction of sp³-hybridized carbons (Fsp3) is 0.611. The summed E-state index contributed by atoms with van der Waals surface area (Å²) in [6, 6.07) is 6.04. The Morgan fingerprint density at radius 1 is 1.17 bits per heavy atom. The van der Waals surface area contributed by atoms with E-state index < -0.39 is 0 Å². The number of hydrogen-bond donors (Lipinski definition) is 1. The number of anilines is 1. The van der Waals surface area contributed by atoms with Crippen molar-refractivity contribution in [1.82, 2.24) is 9.80 Å². The lowest BCUT2D eigenvalue weighted by Crippen LogP contribution is -2.53. The molecule has 1 unspecified atom stereocenters. The molecule has 1 atom stereocenters. The molecule has 0 radical (unpaired) electrons. The number of benzene rings is 1. The highest BCUT2D eigenvalue weighted by Gasteiger charge is 2.33. The van der Waals surface area contributed by atoms with Crippen LogP contribution in [-0.2, 0) is 4.79 Å². The van der Waals surface area contributed by atoms with Crippen LogP contribution in [0, 0.1) is 0 Å². The van der Waals surface area contributed by atoms with E-state index >= 15 is 0 Å². The smallest absolute Gasteiger partial charge is 0.241 e. The van der Waals surface area contributed by atoms with Crippen LogP contribution in [0.3, 0.4) is 0 Å². The first kappa shape index (κ1) is 17.0. The van der Waals surface area contributed by atoms with Crippen molar-refractivity contribution in [2.24, 2.45) is 0 Å². The number of nitrogens with zero attached hydrogens (tertiary/aromatic N) is 2. The van der Waals surface area contributed by atoms with Crippen molar-refractivity contribution >= 4 is 11.6 Å². The van der Waals surface area contributed by atoms with Crippen molar-refractivity contribution in [3.63, 3.8) is 0 Å². The topological polar surface area (TPSA) is 54.0 Å². The Labute approximate surface area is 143 Å². The van der Waals surface area contributed by atoms with Gasteiger partial charge in [0.25, 0.3) is 0 Å². The lowest BCUT2D eigenvalue weighted by atomic mass is 10.2. The molecule has 24 heavy (non-hydrogen) atoms. The van der Waals surface area contributed by atoms with Crippen molar-refractivity contribution in [2.45, 2.75) is 31.8 Å². The highest BCUT2D eigenvalue weighted by atomic mass is 16.5. The zero-order valence-corrected chi connectivity index (χ0v) is 14.7. The van der Waals surface area contributed by atoms with Gasteiger partial charge >= 0.3 is 0 Å². The number of carbonyl (C=O) groups is 1. The molecule has 132 valence electrons. The van der Waals surface area contributed by atoms with Crippen LogP contribution in [0.5, 0.6) is 11.5 Å². The second kappa shape index (κ2) is 7.40. The average Bonchev–Trinajstić information content (AvgIpc) is 3.46. The van der Waals surface area contributed by atoms with E-state index in [0.29, 0.717) is 17.2 Å². The number of rotatable bonds is 6. The molecule has 1 N–H and O–H groups in total. The zero-order chi connectivity index (χ0) is 17.1. The minimum Gasteiger partial charge on any atom is -0.497 e. The molecule has 2 fully saturated rings. The maximum Gasteiger partial charge on any atom is 0.241 e. The fourth-order valence-corrected chi connectivity index (χ4v) is 3.24. The Kier molecular flexibility index (Phi) is 5.26. The molecule has 1 amide bonds. The van der Waals surface area contributed by atoms with Gasteiger partial charge in [0.15, 0.2) is 0 Å². The highest BCUT2D eigenvalue weighted by molar-refractivity contribution is 5.96. The van der Waals surface area contributed by atoms with Crippen molar-refractivity contribution in [2.75, 3.05) is 45.7 Å². The molecule has 2 aliphatic rings. The summed E-state index contributed by atoms with van der Waals surface area (Å²) in [4.78, 5) is 17.4. The van der Waals surface area contributed by atoms with E-state index in [1.54, 1.807) is 26.4 Å². The highest BCUT2D eigenvalue weighted by Crippen LogP contribution is 2.30. The van der Waals surface area contributed by atoms with Gasteiger partial charge < -0.3 is 14.8 Å². The summed E-state index contributed by atoms with van der Waals surface area (Å²) >= 11 is 0. The van der Waals surface area contributed by atoms with Gasteiger partial charge in [0.1, 0.15) is 11.5 Å². The van der Waals surface area contributed by atoms with Crippen LogP contribution in [0.4, 0.5) is 5.69 Å². The third-order valence-electron chi connectivity index (χ3n) is 5.00. The molecule has 1 aromatic carbocycles. The van der Waals surface area contributed by atoms with Gasteiger partial charge in [0.05, 0.1) is 25.9 Å². The molecular weight excluding hydrogens is 306 g/mol. The third-order valence-corrected chi connectivity index (χ3v) is 5.00. The second-order valence-corrected chi connectivity index (χ2v) is 6.53. The molecule has 1 heterocycles. The van der Waals surface area contributed by atoms with Crippen molar-refractivity contribution in [1.29, 1.82) is 0 Å². The van der Waals surface area contributed by atoms with Crippen LogP contribution < -0.4 is 14.8 Å². The Bertz CT molecular complexity index is 581. The van der Waals surface area contributed by atoms with Crippen LogP contribution in [-0.4, -0.2) is 68.2 Å². The van der Waals surface area contributed by atoms with Crippen LogP contribution in [0.1, 0.15) is 19.8 Å². The summed E-state index contributed by atoms with van der Waals surface area (Å²) in [7, 11) is 3.20. The summed E-state index contributed by atoms with van der Waals surface area (Å²) in [5.41, 5.74) is 0.644. The predicted octanol–water partition coefficient (Wildman–Crippen LogP) is 1.81. The minimum absolute atomic E-state index is 0.0126. The molecule has 6 nitrogen and oxygen atoms in total. The normalized spacial score (nSPS) is 20.5. The van der Waals surface area contributed by atoms with Gasteiger partial charge in [-0.15, -0.1) is 0 Å². The minimum atomic E-state index is -0.165. The van der Waals surface area contributed by atoms with Gasteiger partial charge in [0.2, 0.25) is 5.91 Å². The number of piperazine rings is 1. The number of nitrogens with one attached hydrogen (secondary N) is 1. The Balaban J connectivity index is 1.59. The molecule has 0 bridgehead atoms. The lowest BCUT2D eigenvalue weighted by Gasteiger charge is -2.37. The molecule has 0 aromatic heterocycles. The Morgan fingerprint density at radius 2 is 1.88 bits per heavy atom. The largest absolute Gasteiger partial charge is 0.497 e. The lowest BCUT2D eigenvalue weighted by molar-refractivity contribution is -0.121. The van der Waals surface area contributed by atoms with E-state index in [1.807, 2.05) is 13.0 Å². The maximum absolute atomic E-state index is 12.6. The SMILES string of the molecule is COc1ccc(OC)c(NC(=O)C(C)N2CCN(C3CC3)CC2)c1.